The fraction of sp³-hybridized carbons (Fsp3) is 0.350. The van der Waals surface area contributed by atoms with Gasteiger partial charge in [0.15, 0.2) is 11.5 Å². The number of carbonyl (C=O) groups is 1. The smallest absolute Gasteiger partial charge is 0.387 e. The van der Waals surface area contributed by atoms with Crippen molar-refractivity contribution in [2.75, 3.05) is 13.7 Å². The van der Waals surface area contributed by atoms with Crippen molar-refractivity contribution in [2.45, 2.75) is 32.4 Å². The quantitative estimate of drug-likeness (QED) is 0.655. The van der Waals surface area contributed by atoms with Crippen LogP contribution in [0.5, 0.6) is 11.5 Å². The number of amides is 1. The molecule has 0 radical (unpaired) electrons. The van der Waals surface area contributed by atoms with Crippen molar-refractivity contribution in [3.63, 3.8) is 0 Å². The number of ether oxygens (including phenoxy) is 2. The third kappa shape index (κ3) is 4.30. The number of hydrogen-bond donors (Lipinski definition) is 0. The molecule has 1 aromatic carbocycles. The molecule has 0 spiro atoms. The predicted molar refractivity (Wildman–Crippen MR) is 101 cm³/mol. The summed E-state index contributed by atoms with van der Waals surface area (Å²) in [5, 5.41) is 2.08. The van der Waals surface area contributed by atoms with Crippen molar-refractivity contribution in [1.29, 1.82) is 0 Å². The minimum Gasteiger partial charge on any atom is -0.493 e. The number of carbonyl (C=O) groups excluding carboxylic acids is 1. The molecular formula is C20H21F2NO3S. The fourth-order valence-electron chi connectivity index (χ4n) is 3.34. The molecule has 1 aliphatic heterocycles. The zero-order valence-corrected chi connectivity index (χ0v) is 16.0. The zero-order valence-electron chi connectivity index (χ0n) is 15.2. The average molecular weight is 393 g/mol. The normalized spacial score (nSPS) is 16.6. The van der Waals surface area contributed by atoms with Crippen LogP contribution in [-0.4, -0.2) is 31.1 Å². The van der Waals surface area contributed by atoms with Gasteiger partial charge in [-0.15, -0.1) is 11.3 Å². The van der Waals surface area contributed by atoms with Gasteiger partial charge in [0, 0.05) is 17.5 Å². The number of nitrogens with zero attached hydrogens (tertiary/aromatic N) is 1. The summed E-state index contributed by atoms with van der Waals surface area (Å²) in [7, 11) is 1.38. The lowest BCUT2D eigenvalue weighted by atomic mass is 9.97. The number of alkyl halides is 2. The zero-order chi connectivity index (χ0) is 19.4. The molecule has 27 heavy (non-hydrogen) atoms. The second-order valence-electron chi connectivity index (χ2n) is 6.13. The Morgan fingerprint density at radius 3 is 2.89 bits per heavy atom. The van der Waals surface area contributed by atoms with Gasteiger partial charge in [0.2, 0.25) is 5.91 Å². The summed E-state index contributed by atoms with van der Waals surface area (Å²) in [5.74, 6) is 0.0887. The molecule has 1 amide bonds. The van der Waals surface area contributed by atoms with Crippen LogP contribution in [0, 0.1) is 0 Å². The van der Waals surface area contributed by atoms with E-state index >= 15 is 0 Å². The number of methoxy groups -OCH3 is 1. The second kappa shape index (κ2) is 8.52. The van der Waals surface area contributed by atoms with Crippen molar-refractivity contribution in [3.8, 4) is 11.5 Å². The van der Waals surface area contributed by atoms with Crippen molar-refractivity contribution in [2.24, 2.45) is 0 Å². The molecule has 1 unspecified atom stereocenters. The van der Waals surface area contributed by atoms with Gasteiger partial charge in [0.25, 0.3) is 0 Å². The molecule has 0 aliphatic carbocycles. The Morgan fingerprint density at radius 1 is 1.37 bits per heavy atom. The Labute approximate surface area is 161 Å². The molecule has 0 fully saturated rings. The van der Waals surface area contributed by atoms with Crippen LogP contribution in [-0.2, 0) is 11.2 Å². The van der Waals surface area contributed by atoms with Gasteiger partial charge in [-0.2, -0.15) is 8.78 Å². The molecule has 2 aromatic rings. The minimum atomic E-state index is -2.92. The van der Waals surface area contributed by atoms with Crippen LogP contribution in [0.3, 0.4) is 0 Å². The molecule has 0 saturated carbocycles. The first-order valence-electron chi connectivity index (χ1n) is 8.71. The Hall–Kier alpha value is -2.41. The van der Waals surface area contributed by atoms with E-state index < -0.39 is 6.61 Å². The molecule has 0 N–H and O–H groups in total. The van der Waals surface area contributed by atoms with Gasteiger partial charge in [0.05, 0.1) is 13.2 Å². The summed E-state index contributed by atoms with van der Waals surface area (Å²) in [6.45, 7) is -0.151. The number of fused-ring (bicyclic) bond motifs is 1. The van der Waals surface area contributed by atoms with Crippen molar-refractivity contribution in [1.82, 2.24) is 4.90 Å². The number of rotatable bonds is 6. The lowest BCUT2D eigenvalue weighted by Gasteiger charge is -2.34. The van der Waals surface area contributed by atoms with E-state index in [4.69, 9.17) is 4.74 Å². The Balaban J connectivity index is 1.75. The molecule has 144 valence electrons. The van der Waals surface area contributed by atoms with Crippen molar-refractivity contribution >= 4 is 23.3 Å². The summed E-state index contributed by atoms with van der Waals surface area (Å²) >= 11 is 1.74. The van der Waals surface area contributed by atoms with Gasteiger partial charge in [-0.1, -0.05) is 13.0 Å². The summed E-state index contributed by atoms with van der Waals surface area (Å²) in [6.07, 6.45) is 4.91. The van der Waals surface area contributed by atoms with Crippen LogP contribution in [0.4, 0.5) is 8.78 Å². The van der Waals surface area contributed by atoms with Crippen LogP contribution >= 0.6 is 11.3 Å². The highest BCUT2D eigenvalue weighted by atomic mass is 32.1. The topological polar surface area (TPSA) is 38.8 Å². The average Bonchev–Trinajstić information content (AvgIpc) is 3.14. The highest BCUT2D eigenvalue weighted by Crippen LogP contribution is 2.35. The van der Waals surface area contributed by atoms with E-state index in [9.17, 15) is 13.6 Å². The number of benzene rings is 1. The van der Waals surface area contributed by atoms with E-state index in [1.54, 1.807) is 29.5 Å². The van der Waals surface area contributed by atoms with Crippen molar-refractivity contribution in [3.05, 3.63) is 51.7 Å². The van der Waals surface area contributed by atoms with Crippen LogP contribution in [0.15, 0.2) is 35.7 Å². The predicted octanol–water partition coefficient (Wildman–Crippen LogP) is 4.91. The van der Waals surface area contributed by atoms with E-state index in [0.717, 1.165) is 12.8 Å². The maximum atomic E-state index is 12.7. The molecule has 2 heterocycles. The first-order chi connectivity index (χ1) is 13.0. The molecule has 3 rings (SSSR count). The summed E-state index contributed by atoms with van der Waals surface area (Å²) < 4.78 is 34.3. The number of hydrogen-bond acceptors (Lipinski definition) is 4. The summed E-state index contributed by atoms with van der Waals surface area (Å²) in [5.41, 5.74) is 1.91. The van der Waals surface area contributed by atoms with E-state index in [0.29, 0.717) is 12.1 Å². The molecule has 1 atom stereocenters. The first-order valence-corrected chi connectivity index (χ1v) is 9.59. The summed E-state index contributed by atoms with van der Waals surface area (Å²) in [6, 6.07) is 6.76. The van der Waals surface area contributed by atoms with Gasteiger partial charge < -0.3 is 14.4 Å². The highest BCUT2D eigenvalue weighted by molar-refractivity contribution is 7.10. The maximum Gasteiger partial charge on any atom is 0.387 e. The van der Waals surface area contributed by atoms with E-state index in [1.165, 1.54) is 29.7 Å². The third-order valence-corrected chi connectivity index (χ3v) is 5.58. The Morgan fingerprint density at radius 2 is 2.19 bits per heavy atom. The molecule has 1 aromatic heterocycles. The summed E-state index contributed by atoms with van der Waals surface area (Å²) in [4.78, 5) is 16.0. The second-order valence-corrected chi connectivity index (χ2v) is 7.13. The lowest BCUT2D eigenvalue weighted by Crippen LogP contribution is -2.38. The largest absolute Gasteiger partial charge is 0.493 e. The van der Waals surface area contributed by atoms with Gasteiger partial charge in [0.1, 0.15) is 0 Å². The third-order valence-electron chi connectivity index (χ3n) is 4.59. The van der Waals surface area contributed by atoms with Crippen LogP contribution in [0.25, 0.3) is 6.08 Å². The van der Waals surface area contributed by atoms with E-state index in [-0.39, 0.29) is 23.4 Å². The fourth-order valence-corrected chi connectivity index (χ4v) is 4.27. The van der Waals surface area contributed by atoms with Crippen LogP contribution < -0.4 is 9.47 Å². The molecular weight excluding hydrogens is 372 g/mol. The van der Waals surface area contributed by atoms with Gasteiger partial charge in [-0.05, 0) is 53.6 Å². The molecule has 1 aliphatic rings. The number of thiophene rings is 1. The molecule has 7 heteroatoms. The molecule has 4 nitrogen and oxygen atoms in total. The standard InChI is InChI=1S/C20H21F2NO3S/c1-3-15-14-9-11-27-18(14)8-10-23(15)19(24)7-5-13-4-6-16(26-20(21)22)17(12-13)25-2/h4-7,9,11-12,15,20H,3,8,10H2,1-2H3. The van der Waals surface area contributed by atoms with Gasteiger partial charge in [-0.25, -0.2) is 0 Å². The highest BCUT2D eigenvalue weighted by Gasteiger charge is 2.29. The van der Waals surface area contributed by atoms with Crippen LogP contribution in [0.2, 0.25) is 0 Å². The van der Waals surface area contributed by atoms with E-state index in [1.807, 2.05) is 4.90 Å². The molecule has 0 bridgehead atoms. The van der Waals surface area contributed by atoms with E-state index in [2.05, 4.69) is 23.1 Å². The Bertz CT molecular complexity index is 834. The maximum absolute atomic E-state index is 12.7. The molecule has 0 saturated heterocycles. The minimum absolute atomic E-state index is 0.0389. The SMILES string of the molecule is CCC1c2ccsc2CCN1C(=O)C=Cc1ccc(OC(F)F)c(OC)c1. The Kier molecular flexibility index (Phi) is 6.11. The first kappa shape index (κ1) is 19.4. The lowest BCUT2D eigenvalue weighted by molar-refractivity contribution is -0.128. The van der Waals surface area contributed by atoms with Gasteiger partial charge in [-0.3, -0.25) is 4.79 Å². The van der Waals surface area contributed by atoms with Crippen molar-refractivity contribution < 1.29 is 23.0 Å². The number of halogens is 2. The van der Waals surface area contributed by atoms with Gasteiger partial charge >= 0.3 is 6.61 Å². The monoisotopic (exact) mass is 393 g/mol. The van der Waals surface area contributed by atoms with Crippen LogP contribution in [0.1, 0.15) is 35.4 Å².